The van der Waals surface area contributed by atoms with E-state index in [2.05, 4.69) is 26.1 Å². The van der Waals surface area contributed by atoms with Crippen molar-refractivity contribution in [2.24, 2.45) is 28.9 Å². The highest BCUT2D eigenvalue weighted by Gasteiger charge is 2.19. The number of nitrogens with two attached hydrogens (primary N) is 5. The number of hydrazine groups is 2. The van der Waals surface area contributed by atoms with Gasteiger partial charge in [0.05, 0.1) is 30.2 Å². The minimum atomic E-state index is 0.458. The van der Waals surface area contributed by atoms with Crippen LogP contribution in [0.15, 0.2) is 110 Å². The van der Waals surface area contributed by atoms with Gasteiger partial charge in [-0.3, -0.25) is 0 Å². The standard InChI is InChI=1S/C36H44N8/c1-25-31(19-42-20-34(37)28-13-7-4-8-14-28)26(2)33(22-44(41)24-36(39)30-17-11-6-12-18-30)27(3)32(25)21-43(40)23-35(38)29-15-9-5-10-16-29/h4-18,20,23-24,42H,19,21-22,37-41H2,1-3H3/b34-20-,35-23-,36-24-. The van der Waals surface area contributed by atoms with E-state index in [0.717, 1.165) is 50.1 Å². The van der Waals surface area contributed by atoms with E-state index in [1.165, 1.54) is 0 Å². The van der Waals surface area contributed by atoms with Gasteiger partial charge in [0, 0.05) is 25.1 Å². The first-order valence-electron chi connectivity index (χ1n) is 14.6. The molecule has 0 saturated carbocycles. The molecule has 0 heterocycles. The van der Waals surface area contributed by atoms with Crippen LogP contribution in [0.25, 0.3) is 17.1 Å². The predicted octanol–water partition coefficient (Wildman–Crippen LogP) is 4.92. The molecule has 0 amide bonds. The molecule has 0 fully saturated rings. The fourth-order valence-electron chi connectivity index (χ4n) is 5.33. The van der Waals surface area contributed by atoms with Gasteiger partial charge in [-0.15, -0.1) is 0 Å². The Morgan fingerprint density at radius 1 is 0.545 bits per heavy atom. The first-order chi connectivity index (χ1) is 21.2. The zero-order chi connectivity index (χ0) is 31.6. The smallest absolute Gasteiger partial charge is 0.0591 e. The van der Waals surface area contributed by atoms with Gasteiger partial charge in [-0.1, -0.05) is 91.0 Å². The van der Waals surface area contributed by atoms with Crippen LogP contribution in [-0.2, 0) is 19.6 Å². The van der Waals surface area contributed by atoms with Crippen LogP contribution in [0, 0.1) is 20.8 Å². The predicted molar refractivity (Wildman–Crippen MR) is 183 cm³/mol. The monoisotopic (exact) mass is 588 g/mol. The number of rotatable bonds is 12. The van der Waals surface area contributed by atoms with Crippen LogP contribution < -0.4 is 34.2 Å². The SMILES string of the molecule is Cc1c(CN/C=C(\N)c2ccccc2)c(C)c(CN(N)/C=C(\N)c2ccccc2)c(C)c1CN(N)/C=C(\N)c1ccccc1. The largest absolute Gasteiger partial charge is 0.397 e. The van der Waals surface area contributed by atoms with Gasteiger partial charge in [0.15, 0.2) is 0 Å². The maximum atomic E-state index is 6.53. The highest BCUT2D eigenvalue weighted by Crippen LogP contribution is 2.29. The van der Waals surface area contributed by atoms with Gasteiger partial charge in [0.25, 0.3) is 0 Å². The second kappa shape index (κ2) is 14.8. The summed E-state index contributed by atoms with van der Waals surface area (Å²) in [5.74, 6) is 13.1. The van der Waals surface area contributed by atoms with Crippen molar-refractivity contribution in [1.82, 2.24) is 15.3 Å². The summed E-state index contributed by atoms with van der Waals surface area (Å²) in [6, 6.07) is 29.5. The maximum absolute atomic E-state index is 6.53. The average molecular weight is 589 g/mol. The number of benzene rings is 4. The van der Waals surface area contributed by atoms with Crippen molar-refractivity contribution in [1.29, 1.82) is 0 Å². The summed E-state index contributed by atoms with van der Waals surface area (Å²) in [6.07, 6.45) is 5.39. The number of hydrogen-bond acceptors (Lipinski definition) is 8. The summed E-state index contributed by atoms with van der Waals surface area (Å²) in [6.45, 7) is 7.87. The van der Waals surface area contributed by atoms with Crippen LogP contribution in [0.1, 0.15) is 50.1 Å². The molecule has 0 bridgehead atoms. The zero-order valence-corrected chi connectivity index (χ0v) is 25.8. The van der Waals surface area contributed by atoms with Gasteiger partial charge >= 0.3 is 0 Å². The van der Waals surface area contributed by atoms with Gasteiger partial charge in [0.2, 0.25) is 0 Å². The van der Waals surface area contributed by atoms with Crippen molar-refractivity contribution in [3.8, 4) is 0 Å². The van der Waals surface area contributed by atoms with E-state index < -0.39 is 0 Å². The number of hydrogen-bond donors (Lipinski definition) is 6. The van der Waals surface area contributed by atoms with Crippen molar-refractivity contribution < 1.29 is 0 Å². The van der Waals surface area contributed by atoms with Crippen LogP contribution in [0.2, 0.25) is 0 Å². The average Bonchev–Trinajstić information content (AvgIpc) is 3.04. The Kier molecular flexibility index (Phi) is 10.7. The lowest BCUT2D eigenvalue weighted by Gasteiger charge is -2.27. The molecule has 0 aliphatic heterocycles. The van der Waals surface area contributed by atoms with Gasteiger partial charge < -0.3 is 32.5 Å². The Morgan fingerprint density at radius 3 is 1.27 bits per heavy atom. The molecule has 0 saturated heterocycles. The molecule has 8 nitrogen and oxygen atoms in total. The summed E-state index contributed by atoms with van der Waals surface area (Å²) in [4.78, 5) is 0. The lowest BCUT2D eigenvalue weighted by molar-refractivity contribution is 0.377. The topological polar surface area (TPSA) is 149 Å². The lowest BCUT2D eigenvalue weighted by atomic mass is 9.87. The van der Waals surface area contributed by atoms with E-state index in [9.17, 15) is 0 Å². The number of nitrogens with zero attached hydrogens (tertiary/aromatic N) is 2. The van der Waals surface area contributed by atoms with E-state index in [0.29, 0.717) is 36.7 Å². The molecule has 4 aromatic rings. The molecule has 0 atom stereocenters. The molecule has 4 rings (SSSR count). The number of nitrogens with one attached hydrogen (secondary N) is 1. The molecule has 0 aliphatic carbocycles. The highest BCUT2D eigenvalue weighted by molar-refractivity contribution is 5.63. The molecule has 8 heteroatoms. The van der Waals surface area contributed by atoms with E-state index in [1.54, 1.807) is 22.4 Å². The second-order valence-electron chi connectivity index (χ2n) is 10.9. The molecule has 44 heavy (non-hydrogen) atoms. The minimum absolute atomic E-state index is 0.458. The van der Waals surface area contributed by atoms with Gasteiger partial charge in [-0.2, -0.15) is 0 Å². The molecule has 0 unspecified atom stereocenters. The Hall–Kier alpha value is -5.18. The molecule has 4 aromatic carbocycles. The second-order valence-corrected chi connectivity index (χ2v) is 10.9. The van der Waals surface area contributed by atoms with Crippen LogP contribution in [0.4, 0.5) is 0 Å². The molecule has 0 spiro atoms. The van der Waals surface area contributed by atoms with Crippen LogP contribution in [-0.4, -0.2) is 10.0 Å². The van der Waals surface area contributed by atoms with Crippen molar-refractivity contribution in [3.63, 3.8) is 0 Å². The Bertz CT molecular complexity index is 1540. The quantitative estimate of drug-likeness (QED) is 0.101. The van der Waals surface area contributed by atoms with Crippen LogP contribution >= 0.6 is 0 Å². The van der Waals surface area contributed by atoms with Crippen LogP contribution in [0.3, 0.4) is 0 Å². The van der Waals surface area contributed by atoms with E-state index in [4.69, 9.17) is 28.9 Å². The first-order valence-corrected chi connectivity index (χ1v) is 14.6. The normalized spacial score (nSPS) is 12.2. The summed E-state index contributed by atoms with van der Waals surface area (Å²) in [7, 11) is 0. The Balaban J connectivity index is 1.67. The Morgan fingerprint density at radius 2 is 0.886 bits per heavy atom. The van der Waals surface area contributed by atoms with Crippen molar-refractivity contribution >= 4 is 17.1 Å². The zero-order valence-electron chi connectivity index (χ0n) is 25.8. The lowest BCUT2D eigenvalue weighted by Crippen LogP contribution is -2.29. The summed E-state index contributed by atoms with van der Waals surface area (Å²) < 4.78 is 0. The highest BCUT2D eigenvalue weighted by atomic mass is 15.4. The van der Waals surface area contributed by atoms with Crippen molar-refractivity contribution in [2.45, 2.75) is 40.4 Å². The van der Waals surface area contributed by atoms with Gasteiger partial charge in [-0.25, -0.2) is 11.7 Å². The third-order valence-electron chi connectivity index (χ3n) is 7.86. The van der Waals surface area contributed by atoms with E-state index >= 15 is 0 Å². The molecule has 0 aromatic heterocycles. The van der Waals surface area contributed by atoms with E-state index in [-0.39, 0.29) is 0 Å². The van der Waals surface area contributed by atoms with Crippen LogP contribution in [0.5, 0.6) is 0 Å². The summed E-state index contributed by atoms with van der Waals surface area (Å²) in [5.41, 5.74) is 30.5. The molecular weight excluding hydrogens is 544 g/mol. The van der Waals surface area contributed by atoms with Gasteiger partial charge in [-0.05, 0) is 70.8 Å². The molecule has 0 aliphatic rings. The van der Waals surface area contributed by atoms with Crippen molar-refractivity contribution in [3.05, 3.63) is 160 Å². The third kappa shape index (κ3) is 8.01. The fourth-order valence-corrected chi connectivity index (χ4v) is 5.33. The third-order valence-corrected chi connectivity index (χ3v) is 7.86. The van der Waals surface area contributed by atoms with Gasteiger partial charge in [0.1, 0.15) is 0 Å². The van der Waals surface area contributed by atoms with E-state index in [1.807, 2.05) is 97.2 Å². The first kappa shape index (κ1) is 31.7. The molecule has 11 N–H and O–H groups in total. The molecule has 0 radical (unpaired) electrons. The summed E-state index contributed by atoms with van der Waals surface area (Å²) >= 11 is 0. The summed E-state index contributed by atoms with van der Waals surface area (Å²) in [5, 5.41) is 6.70. The fraction of sp³-hybridized carbons (Fsp3) is 0.167. The molecular formula is C36H44N8. The van der Waals surface area contributed by atoms with Crippen molar-refractivity contribution in [2.75, 3.05) is 0 Å². The minimum Gasteiger partial charge on any atom is -0.397 e. The molecule has 228 valence electrons. The Labute approximate surface area is 261 Å². The maximum Gasteiger partial charge on any atom is 0.0591 e.